The van der Waals surface area contributed by atoms with Gasteiger partial charge in [0.25, 0.3) is 0 Å². The van der Waals surface area contributed by atoms with Gasteiger partial charge < -0.3 is 4.90 Å². The highest BCUT2D eigenvalue weighted by Gasteiger charge is 2.17. The summed E-state index contributed by atoms with van der Waals surface area (Å²) in [4.78, 5) is 6.44. The maximum Gasteiger partial charge on any atom is 0.0795 e. The Hall–Kier alpha value is -0.920. The number of hydrogen-bond acceptors (Lipinski definition) is 4. The number of aromatic nitrogens is 1. The molecule has 0 atom stereocenters. The molecule has 0 saturated heterocycles. The molecule has 0 radical (unpaired) electrons. The SMILES string of the molecule is CN(CCC(C)(C)C#N)Cc1cscn1. The van der Waals surface area contributed by atoms with Gasteiger partial charge in [-0.3, -0.25) is 0 Å². The Morgan fingerprint density at radius 1 is 1.60 bits per heavy atom. The number of thiazole rings is 1. The van der Waals surface area contributed by atoms with E-state index in [0.29, 0.717) is 0 Å². The lowest BCUT2D eigenvalue weighted by atomic mass is 9.91. The average Bonchev–Trinajstić information content (AvgIpc) is 2.68. The number of nitrogens with zero attached hydrogens (tertiary/aromatic N) is 3. The summed E-state index contributed by atoms with van der Waals surface area (Å²) in [6, 6.07) is 2.32. The van der Waals surface area contributed by atoms with Crippen LogP contribution in [-0.2, 0) is 6.54 Å². The zero-order valence-corrected chi connectivity index (χ0v) is 10.3. The Kier molecular flexibility index (Phi) is 4.25. The number of hydrogen-bond donors (Lipinski definition) is 0. The molecule has 0 aliphatic rings. The smallest absolute Gasteiger partial charge is 0.0795 e. The second kappa shape index (κ2) is 5.24. The van der Waals surface area contributed by atoms with Crippen molar-refractivity contribution in [3.8, 4) is 6.07 Å². The fourth-order valence-electron chi connectivity index (χ4n) is 1.20. The molecular formula is C11H17N3S. The molecule has 82 valence electrons. The zero-order valence-electron chi connectivity index (χ0n) is 9.53. The fourth-order valence-corrected chi connectivity index (χ4v) is 1.75. The lowest BCUT2D eigenvalue weighted by molar-refractivity contribution is 0.278. The van der Waals surface area contributed by atoms with Crippen LogP contribution in [0.4, 0.5) is 0 Å². The number of rotatable bonds is 5. The highest BCUT2D eigenvalue weighted by Crippen LogP contribution is 2.19. The van der Waals surface area contributed by atoms with E-state index in [0.717, 1.165) is 25.2 Å². The maximum atomic E-state index is 8.88. The van der Waals surface area contributed by atoms with Crippen LogP contribution in [0, 0.1) is 16.7 Å². The van der Waals surface area contributed by atoms with Crippen LogP contribution in [0.3, 0.4) is 0 Å². The highest BCUT2D eigenvalue weighted by molar-refractivity contribution is 7.07. The average molecular weight is 223 g/mol. The topological polar surface area (TPSA) is 39.9 Å². The lowest BCUT2D eigenvalue weighted by Crippen LogP contribution is -2.23. The second-order valence-electron chi connectivity index (χ2n) is 4.46. The van der Waals surface area contributed by atoms with E-state index in [1.165, 1.54) is 0 Å². The molecule has 3 nitrogen and oxygen atoms in total. The van der Waals surface area contributed by atoms with Crippen LogP contribution in [0.1, 0.15) is 26.0 Å². The van der Waals surface area contributed by atoms with E-state index < -0.39 is 0 Å². The van der Waals surface area contributed by atoms with E-state index in [4.69, 9.17) is 5.26 Å². The minimum atomic E-state index is -0.226. The molecule has 0 aromatic carbocycles. The standard InChI is InChI=1S/C11H17N3S/c1-11(2,8-12)4-5-14(3)6-10-7-15-9-13-10/h7,9H,4-6H2,1-3H3. The van der Waals surface area contributed by atoms with Crippen molar-refractivity contribution >= 4 is 11.3 Å². The van der Waals surface area contributed by atoms with Crippen LogP contribution < -0.4 is 0 Å². The van der Waals surface area contributed by atoms with E-state index in [-0.39, 0.29) is 5.41 Å². The molecule has 1 aromatic rings. The molecule has 1 heterocycles. The Balaban J connectivity index is 2.32. The van der Waals surface area contributed by atoms with Crippen LogP contribution in [0.5, 0.6) is 0 Å². The first kappa shape index (κ1) is 12.2. The first-order chi connectivity index (χ1) is 7.03. The first-order valence-electron chi connectivity index (χ1n) is 5.00. The van der Waals surface area contributed by atoms with Crippen molar-refractivity contribution in [1.29, 1.82) is 5.26 Å². The molecule has 0 unspecified atom stereocenters. The van der Waals surface area contributed by atoms with Crippen LogP contribution in [0.25, 0.3) is 0 Å². The van der Waals surface area contributed by atoms with Crippen molar-refractivity contribution in [2.45, 2.75) is 26.8 Å². The quantitative estimate of drug-likeness (QED) is 0.770. The third kappa shape index (κ3) is 4.41. The van der Waals surface area contributed by atoms with E-state index in [1.54, 1.807) is 11.3 Å². The lowest BCUT2D eigenvalue weighted by Gasteiger charge is -2.20. The summed E-state index contributed by atoms with van der Waals surface area (Å²) >= 11 is 1.62. The minimum Gasteiger partial charge on any atom is -0.300 e. The maximum absolute atomic E-state index is 8.88. The molecule has 0 fully saturated rings. The molecule has 1 rings (SSSR count). The van der Waals surface area contributed by atoms with Crippen LogP contribution in [-0.4, -0.2) is 23.5 Å². The predicted octanol–water partition coefficient (Wildman–Crippen LogP) is 2.51. The van der Waals surface area contributed by atoms with E-state index in [1.807, 2.05) is 19.4 Å². The normalized spacial score (nSPS) is 11.7. The van der Waals surface area contributed by atoms with Crippen LogP contribution in [0.2, 0.25) is 0 Å². The minimum absolute atomic E-state index is 0.226. The molecule has 0 bridgehead atoms. The second-order valence-corrected chi connectivity index (χ2v) is 5.18. The molecule has 0 N–H and O–H groups in total. The molecule has 0 aliphatic heterocycles. The van der Waals surface area contributed by atoms with Crippen molar-refractivity contribution in [1.82, 2.24) is 9.88 Å². The third-order valence-corrected chi connectivity index (χ3v) is 2.97. The van der Waals surface area contributed by atoms with Gasteiger partial charge in [0.15, 0.2) is 0 Å². The summed E-state index contributed by atoms with van der Waals surface area (Å²) in [5.74, 6) is 0. The van der Waals surface area contributed by atoms with Gasteiger partial charge in [-0.05, 0) is 33.9 Å². The Bertz CT molecular complexity index is 324. The van der Waals surface area contributed by atoms with Gasteiger partial charge in [-0.2, -0.15) is 5.26 Å². The van der Waals surface area contributed by atoms with Crippen molar-refractivity contribution in [2.75, 3.05) is 13.6 Å². The van der Waals surface area contributed by atoms with Gasteiger partial charge in [-0.1, -0.05) is 0 Å². The van der Waals surface area contributed by atoms with Crippen molar-refractivity contribution in [3.05, 3.63) is 16.6 Å². The van der Waals surface area contributed by atoms with Crippen LogP contribution in [0.15, 0.2) is 10.9 Å². The molecular weight excluding hydrogens is 206 g/mol. The van der Waals surface area contributed by atoms with Gasteiger partial charge in [0.2, 0.25) is 0 Å². The fraction of sp³-hybridized carbons (Fsp3) is 0.636. The summed E-state index contributed by atoms with van der Waals surface area (Å²) in [6.07, 6.45) is 0.893. The zero-order chi connectivity index (χ0) is 11.3. The highest BCUT2D eigenvalue weighted by atomic mass is 32.1. The van der Waals surface area contributed by atoms with Crippen molar-refractivity contribution < 1.29 is 0 Å². The third-order valence-electron chi connectivity index (χ3n) is 2.34. The summed E-state index contributed by atoms with van der Waals surface area (Å²) in [6.45, 7) is 5.75. The summed E-state index contributed by atoms with van der Waals surface area (Å²) in [5, 5.41) is 10.9. The molecule has 0 spiro atoms. The predicted molar refractivity (Wildman–Crippen MR) is 62.5 cm³/mol. The Morgan fingerprint density at radius 2 is 2.33 bits per heavy atom. The summed E-state index contributed by atoms with van der Waals surface area (Å²) in [7, 11) is 2.06. The van der Waals surface area contributed by atoms with Crippen molar-refractivity contribution in [3.63, 3.8) is 0 Å². The molecule has 1 aromatic heterocycles. The first-order valence-corrected chi connectivity index (χ1v) is 5.95. The van der Waals surface area contributed by atoms with Gasteiger partial charge in [-0.15, -0.1) is 11.3 Å². The van der Waals surface area contributed by atoms with Crippen LogP contribution >= 0.6 is 11.3 Å². The van der Waals surface area contributed by atoms with Gasteiger partial charge in [-0.25, -0.2) is 4.98 Å². The van der Waals surface area contributed by atoms with E-state index >= 15 is 0 Å². The molecule has 4 heteroatoms. The van der Waals surface area contributed by atoms with Gasteiger partial charge in [0.05, 0.1) is 22.7 Å². The monoisotopic (exact) mass is 223 g/mol. The van der Waals surface area contributed by atoms with Crippen molar-refractivity contribution in [2.24, 2.45) is 5.41 Å². The van der Waals surface area contributed by atoms with Gasteiger partial charge in [0, 0.05) is 11.9 Å². The van der Waals surface area contributed by atoms with E-state index in [9.17, 15) is 0 Å². The molecule has 0 amide bonds. The molecule has 15 heavy (non-hydrogen) atoms. The molecule has 0 aliphatic carbocycles. The molecule has 0 saturated carbocycles. The largest absolute Gasteiger partial charge is 0.300 e. The van der Waals surface area contributed by atoms with Gasteiger partial charge in [0.1, 0.15) is 0 Å². The Labute approximate surface area is 95.4 Å². The number of nitriles is 1. The van der Waals surface area contributed by atoms with Gasteiger partial charge >= 0.3 is 0 Å². The summed E-state index contributed by atoms with van der Waals surface area (Å²) < 4.78 is 0. The Morgan fingerprint density at radius 3 is 2.87 bits per heavy atom. The van der Waals surface area contributed by atoms with E-state index in [2.05, 4.69) is 28.4 Å². The summed E-state index contributed by atoms with van der Waals surface area (Å²) in [5.41, 5.74) is 2.73.